The van der Waals surface area contributed by atoms with E-state index in [1.54, 1.807) is 6.08 Å². The van der Waals surface area contributed by atoms with E-state index >= 15 is 0 Å². The standard InChI is InChI=1S/C9H13FO/c1-3-7-4-5-9(11-2)8(10)6-7/h5-7H,3-4H2,1-2H3. The van der Waals surface area contributed by atoms with Gasteiger partial charge in [0.2, 0.25) is 0 Å². The topological polar surface area (TPSA) is 9.23 Å². The highest BCUT2D eigenvalue weighted by molar-refractivity contribution is 5.24. The van der Waals surface area contributed by atoms with Crippen LogP contribution in [0.15, 0.2) is 23.7 Å². The lowest BCUT2D eigenvalue weighted by Crippen LogP contribution is -2.02. The van der Waals surface area contributed by atoms with Crippen LogP contribution < -0.4 is 0 Å². The second-order valence-corrected chi connectivity index (χ2v) is 2.69. The highest BCUT2D eigenvalue weighted by atomic mass is 19.1. The van der Waals surface area contributed by atoms with Crippen LogP contribution in [0.3, 0.4) is 0 Å². The summed E-state index contributed by atoms with van der Waals surface area (Å²) >= 11 is 0. The molecule has 0 amide bonds. The van der Waals surface area contributed by atoms with Gasteiger partial charge in [0.25, 0.3) is 0 Å². The summed E-state index contributed by atoms with van der Waals surface area (Å²) in [6.45, 7) is 2.06. The van der Waals surface area contributed by atoms with Gasteiger partial charge in [-0.05, 0) is 30.9 Å². The third-order valence-corrected chi connectivity index (χ3v) is 1.97. The van der Waals surface area contributed by atoms with Gasteiger partial charge in [-0.2, -0.15) is 0 Å². The molecular weight excluding hydrogens is 143 g/mol. The Balaban J connectivity index is 2.66. The maximum Gasteiger partial charge on any atom is 0.161 e. The van der Waals surface area contributed by atoms with Gasteiger partial charge >= 0.3 is 0 Å². The number of rotatable bonds is 2. The molecule has 0 aromatic carbocycles. The normalized spacial score (nSPS) is 24.1. The molecular formula is C9H13FO. The zero-order chi connectivity index (χ0) is 8.27. The second kappa shape index (κ2) is 3.56. The van der Waals surface area contributed by atoms with E-state index in [-0.39, 0.29) is 5.83 Å². The first kappa shape index (κ1) is 8.31. The quantitative estimate of drug-likeness (QED) is 0.597. The maximum atomic E-state index is 13.0. The van der Waals surface area contributed by atoms with Crippen LogP contribution in [-0.4, -0.2) is 7.11 Å². The molecule has 1 nitrogen and oxygen atoms in total. The highest BCUT2D eigenvalue weighted by Gasteiger charge is 2.13. The minimum Gasteiger partial charge on any atom is -0.494 e. The molecule has 11 heavy (non-hydrogen) atoms. The maximum absolute atomic E-state index is 13.0. The summed E-state index contributed by atoms with van der Waals surface area (Å²) in [5.74, 6) is 0.522. The number of hydrogen-bond donors (Lipinski definition) is 0. The van der Waals surface area contributed by atoms with Crippen molar-refractivity contribution in [2.45, 2.75) is 19.8 Å². The van der Waals surface area contributed by atoms with Crippen molar-refractivity contribution in [1.29, 1.82) is 0 Å². The summed E-state index contributed by atoms with van der Waals surface area (Å²) in [7, 11) is 1.49. The van der Waals surface area contributed by atoms with Gasteiger partial charge < -0.3 is 4.74 Å². The first-order valence-corrected chi connectivity index (χ1v) is 3.89. The Morgan fingerprint density at radius 2 is 2.45 bits per heavy atom. The van der Waals surface area contributed by atoms with Gasteiger partial charge in [-0.1, -0.05) is 6.92 Å². The predicted molar refractivity (Wildman–Crippen MR) is 42.7 cm³/mol. The number of allylic oxidation sites excluding steroid dienone is 3. The Morgan fingerprint density at radius 1 is 1.73 bits per heavy atom. The molecule has 2 heteroatoms. The molecule has 1 rings (SSSR count). The van der Waals surface area contributed by atoms with Gasteiger partial charge in [-0.15, -0.1) is 0 Å². The SMILES string of the molecule is CCC1C=C(F)C(OC)=CC1. The van der Waals surface area contributed by atoms with Gasteiger partial charge in [0, 0.05) is 0 Å². The Morgan fingerprint density at radius 3 is 2.91 bits per heavy atom. The Labute approximate surface area is 66.6 Å². The molecule has 0 saturated carbocycles. The lowest BCUT2D eigenvalue weighted by molar-refractivity contribution is 0.275. The Bertz CT molecular complexity index is 194. The highest BCUT2D eigenvalue weighted by Crippen LogP contribution is 2.25. The molecule has 0 aromatic heterocycles. The van der Waals surface area contributed by atoms with E-state index in [0.717, 1.165) is 12.8 Å². The third kappa shape index (κ3) is 1.82. The van der Waals surface area contributed by atoms with Crippen LogP contribution >= 0.6 is 0 Å². The van der Waals surface area contributed by atoms with Gasteiger partial charge in [0.15, 0.2) is 5.83 Å². The third-order valence-electron chi connectivity index (χ3n) is 1.97. The van der Waals surface area contributed by atoms with E-state index in [9.17, 15) is 4.39 Å². The summed E-state index contributed by atoms with van der Waals surface area (Å²) in [5.41, 5.74) is 0. The molecule has 0 aliphatic heterocycles. The molecule has 0 fully saturated rings. The summed E-state index contributed by atoms with van der Waals surface area (Å²) in [5, 5.41) is 0. The number of hydrogen-bond acceptors (Lipinski definition) is 1. The average molecular weight is 156 g/mol. The minimum absolute atomic E-state index is 0.217. The van der Waals surface area contributed by atoms with Crippen molar-refractivity contribution in [3.63, 3.8) is 0 Å². The predicted octanol–water partition coefficient (Wildman–Crippen LogP) is 2.80. The Kier molecular flexibility index (Phi) is 2.69. The van der Waals surface area contributed by atoms with Crippen LogP contribution in [0.25, 0.3) is 0 Å². The number of halogens is 1. The van der Waals surface area contributed by atoms with E-state index in [2.05, 4.69) is 6.92 Å². The van der Waals surface area contributed by atoms with Gasteiger partial charge in [-0.25, -0.2) is 4.39 Å². The monoisotopic (exact) mass is 156 g/mol. The number of ether oxygens (including phenoxy) is 1. The van der Waals surface area contributed by atoms with Crippen molar-refractivity contribution in [3.05, 3.63) is 23.7 Å². The van der Waals surface area contributed by atoms with Gasteiger partial charge in [-0.3, -0.25) is 0 Å². The first-order valence-electron chi connectivity index (χ1n) is 3.89. The van der Waals surface area contributed by atoms with Gasteiger partial charge in [0.05, 0.1) is 7.11 Å². The van der Waals surface area contributed by atoms with Crippen LogP contribution in [0.1, 0.15) is 19.8 Å². The molecule has 1 aliphatic rings. The molecule has 0 bridgehead atoms. The number of methoxy groups -OCH3 is 1. The van der Waals surface area contributed by atoms with Crippen molar-refractivity contribution < 1.29 is 9.13 Å². The smallest absolute Gasteiger partial charge is 0.161 e. The Hall–Kier alpha value is -0.790. The van der Waals surface area contributed by atoms with Crippen LogP contribution in [0.4, 0.5) is 4.39 Å². The van der Waals surface area contributed by atoms with Crippen LogP contribution in [0, 0.1) is 5.92 Å². The largest absolute Gasteiger partial charge is 0.494 e. The van der Waals surface area contributed by atoms with E-state index in [4.69, 9.17) is 4.74 Å². The average Bonchev–Trinajstić information content (AvgIpc) is 2.04. The molecule has 0 aromatic rings. The summed E-state index contributed by atoms with van der Waals surface area (Å²) in [6.07, 6.45) is 5.33. The van der Waals surface area contributed by atoms with E-state index < -0.39 is 0 Å². The van der Waals surface area contributed by atoms with Crippen LogP contribution in [0.5, 0.6) is 0 Å². The summed E-state index contributed by atoms with van der Waals surface area (Å²) in [6, 6.07) is 0. The molecule has 1 atom stereocenters. The fourth-order valence-electron chi connectivity index (χ4n) is 1.18. The van der Waals surface area contributed by atoms with Crippen LogP contribution in [-0.2, 0) is 4.74 Å². The van der Waals surface area contributed by atoms with Crippen molar-refractivity contribution in [2.24, 2.45) is 5.92 Å². The molecule has 0 saturated heterocycles. The first-order chi connectivity index (χ1) is 5.27. The summed E-state index contributed by atoms with van der Waals surface area (Å²) < 4.78 is 17.8. The minimum atomic E-state index is -0.217. The molecule has 0 N–H and O–H groups in total. The van der Waals surface area contributed by atoms with Crippen molar-refractivity contribution in [2.75, 3.05) is 7.11 Å². The lowest BCUT2D eigenvalue weighted by Gasteiger charge is -2.14. The van der Waals surface area contributed by atoms with E-state index in [1.165, 1.54) is 7.11 Å². The van der Waals surface area contributed by atoms with Crippen molar-refractivity contribution in [3.8, 4) is 0 Å². The summed E-state index contributed by atoms with van der Waals surface area (Å²) in [4.78, 5) is 0. The zero-order valence-electron chi connectivity index (χ0n) is 6.93. The zero-order valence-corrected chi connectivity index (χ0v) is 6.93. The van der Waals surface area contributed by atoms with Gasteiger partial charge in [0.1, 0.15) is 5.76 Å². The molecule has 0 radical (unpaired) electrons. The van der Waals surface area contributed by atoms with Crippen LogP contribution in [0.2, 0.25) is 0 Å². The van der Waals surface area contributed by atoms with Crippen molar-refractivity contribution >= 4 is 0 Å². The molecule has 1 aliphatic carbocycles. The molecule has 0 heterocycles. The fourth-order valence-corrected chi connectivity index (χ4v) is 1.18. The molecule has 1 unspecified atom stereocenters. The fraction of sp³-hybridized carbons (Fsp3) is 0.556. The van der Waals surface area contributed by atoms with Crippen molar-refractivity contribution in [1.82, 2.24) is 0 Å². The molecule has 0 spiro atoms. The van der Waals surface area contributed by atoms with E-state index in [1.807, 2.05) is 6.08 Å². The molecule has 62 valence electrons. The lowest BCUT2D eigenvalue weighted by atomic mass is 9.97. The second-order valence-electron chi connectivity index (χ2n) is 2.69. The van der Waals surface area contributed by atoms with E-state index in [0.29, 0.717) is 11.7 Å².